The molecular formula is C12H13FN2O. The maximum Gasteiger partial charge on any atom is 0.166 e. The number of halogens is 1. The minimum Gasteiger partial charge on any atom is -0.505 e. The maximum atomic E-state index is 13.3. The van der Waals surface area contributed by atoms with E-state index in [4.69, 9.17) is 11.0 Å². The zero-order valence-corrected chi connectivity index (χ0v) is 8.78. The minimum absolute atomic E-state index is 0.191. The van der Waals surface area contributed by atoms with E-state index in [1.54, 1.807) is 0 Å². The summed E-state index contributed by atoms with van der Waals surface area (Å²) >= 11 is 0. The average Bonchev–Trinajstić information content (AvgIpc) is 3.05. The molecule has 0 heterocycles. The SMILES string of the molecule is N#Cc1cc(F)c(O)c([C@H](N)CC2CC2)c1. The van der Waals surface area contributed by atoms with Crippen molar-refractivity contribution in [1.82, 2.24) is 0 Å². The van der Waals surface area contributed by atoms with Crippen LogP contribution in [0.2, 0.25) is 0 Å². The average molecular weight is 220 g/mol. The molecule has 4 heteroatoms. The standard InChI is InChI=1S/C12H13FN2O/c13-10-4-8(6-14)3-9(12(10)16)11(15)5-7-1-2-7/h3-4,7,11,16H,1-2,5,15H2/t11-/m1/s1. The number of hydrogen-bond donors (Lipinski definition) is 2. The molecule has 1 fully saturated rings. The third-order valence-electron chi connectivity index (χ3n) is 2.91. The molecule has 1 saturated carbocycles. The Morgan fingerprint density at radius 3 is 2.81 bits per heavy atom. The van der Waals surface area contributed by atoms with Crippen LogP contribution < -0.4 is 5.73 Å². The van der Waals surface area contributed by atoms with Crippen molar-refractivity contribution in [3.63, 3.8) is 0 Å². The molecule has 0 saturated heterocycles. The van der Waals surface area contributed by atoms with Gasteiger partial charge in [0, 0.05) is 11.6 Å². The van der Waals surface area contributed by atoms with Gasteiger partial charge in [-0.2, -0.15) is 5.26 Å². The monoisotopic (exact) mass is 220 g/mol. The molecule has 0 bridgehead atoms. The maximum absolute atomic E-state index is 13.3. The van der Waals surface area contributed by atoms with Gasteiger partial charge in [0.2, 0.25) is 0 Å². The van der Waals surface area contributed by atoms with Crippen molar-refractivity contribution in [3.8, 4) is 11.8 Å². The number of phenols is 1. The number of aromatic hydroxyl groups is 1. The molecule has 1 atom stereocenters. The van der Waals surface area contributed by atoms with E-state index < -0.39 is 17.6 Å². The Bertz CT molecular complexity index is 449. The Morgan fingerprint density at radius 1 is 1.56 bits per heavy atom. The summed E-state index contributed by atoms with van der Waals surface area (Å²) < 4.78 is 13.3. The van der Waals surface area contributed by atoms with Gasteiger partial charge < -0.3 is 10.8 Å². The fourth-order valence-corrected chi connectivity index (χ4v) is 1.81. The van der Waals surface area contributed by atoms with Crippen LogP contribution in [0.25, 0.3) is 0 Å². The zero-order chi connectivity index (χ0) is 11.7. The second-order valence-electron chi connectivity index (χ2n) is 4.29. The number of rotatable bonds is 3. The number of nitriles is 1. The smallest absolute Gasteiger partial charge is 0.166 e. The number of phenolic OH excluding ortho intramolecular Hbond substituents is 1. The molecule has 2 rings (SSSR count). The second kappa shape index (κ2) is 4.11. The first-order valence-electron chi connectivity index (χ1n) is 5.30. The quantitative estimate of drug-likeness (QED) is 0.820. The zero-order valence-electron chi connectivity index (χ0n) is 8.78. The number of nitrogens with two attached hydrogens (primary N) is 1. The predicted octanol–water partition coefficient (Wildman–Crippen LogP) is 2.20. The summed E-state index contributed by atoms with van der Waals surface area (Å²) in [5.74, 6) is -0.615. The van der Waals surface area contributed by atoms with Gasteiger partial charge in [0.1, 0.15) is 0 Å². The summed E-state index contributed by atoms with van der Waals surface area (Å²) in [6, 6.07) is 3.94. The summed E-state index contributed by atoms with van der Waals surface area (Å²) in [4.78, 5) is 0. The lowest BCUT2D eigenvalue weighted by Gasteiger charge is -2.13. The normalized spacial score (nSPS) is 16.8. The fourth-order valence-electron chi connectivity index (χ4n) is 1.81. The van der Waals surface area contributed by atoms with E-state index in [9.17, 15) is 9.50 Å². The molecule has 0 radical (unpaired) electrons. The molecule has 84 valence electrons. The van der Waals surface area contributed by atoms with Gasteiger partial charge in [-0.3, -0.25) is 0 Å². The van der Waals surface area contributed by atoms with Gasteiger partial charge in [0.25, 0.3) is 0 Å². The number of hydrogen-bond acceptors (Lipinski definition) is 3. The molecule has 0 amide bonds. The Morgan fingerprint density at radius 2 is 2.25 bits per heavy atom. The Kier molecular flexibility index (Phi) is 2.80. The summed E-state index contributed by atoms with van der Waals surface area (Å²) in [6.45, 7) is 0. The van der Waals surface area contributed by atoms with Gasteiger partial charge in [-0.05, 0) is 24.5 Å². The van der Waals surface area contributed by atoms with Crippen molar-refractivity contribution < 1.29 is 9.50 Å². The second-order valence-corrected chi connectivity index (χ2v) is 4.29. The highest BCUT2D eigenvalue weighted by molar-refractivity contribution is 5.44. The molecule has 0 unspecified atom stereocenters. The molecule has 3 N–H and O–H groups in total. The van der Waals surface area contributed by atoms with Crippen molar-refractivity contribution in [2.75, 3.05) is 0 Å². The van der Waals surface area contributed by atoms with Gasteiger partial charge in [0.15, 0.2) is 11.6 Å². The molecule has 1 aromatic carbocycles. The number of nitrogens with zero attached hydrogens (tertiary/aromatic N) is 1. The van der Waals surface area contributed by atoms with Crippen LogP contribution in [-0.2, 0) is 0 Å². The first-order chi connectivity index (χ1) is 7.61. The van der Waals surface area contributed by atoms with E-state index in [1.165, 1.54) is 6.07 Å². The van der Waals surface area contributed by atoms with Gasteiger partial charge in [-0.1, -0.05) is 12.8 Å². The molecule has 16 heavy (non-hydrogen) atoms. The molecule has 3 nitrogen and oxygen atoms in total. The molecule has 0 spiro atoms. The van der Waals surface area contributed by atoms with Gasteiger partial charge in [-0.25, -0.2) is 4.39 Å². The predicted molar refractivity (Wildman–Crippen MR) is 57.0 cm³/mol. The van der Waals surface area contributed by atoms with Crippen LogP contribution in [0.15, 0.2) is 12.1 Å². The van der Waals surface area contributed by atoms with Crippen LogP contribution in [0.5, 0.6) is 5.75 Å². The minimum atomic E-state index is -0.778. The molecular weight excluding hydrogens is 207 g/mol. The van der Waals surface area contributed by atoms with Crippen LogP contribution in [-0.4, -0.2) is 5.11 Å². The lowest BCUT2D eigenvalue weighted by Crippen LogP contribution is -2.12. The summed E-state index contributed by atoms with van der Waals surface area (Å²) in [5.41, 5.74) is 6.42. The highest BCUT2D eigenvalue weighted by Crippen LogP contribution is 2.39. The lowest BCUT2D eigenvalue weighted by atomic mass is 9.99. The van der Waals surface area contributed by atoms with Crippen molar-refractivity contribution in [2.24, 2.45) is 11.7 Å². The van der Waals surface area contributed by atoms with E-state index in [0.29, 0.717) is 11.5 Å². The first kappa shape index (κ1) is 10.9. The fraction of sp³-hybridized carbons (Fsp3) is 0.417. The summed E-state index contributed by atoms with van der Waals surface area (Å²) in [6.07, 6.45) is 3.03. The lowest BCUT2D eigenvalue weighted by molar-refractivity contribution is 0.416. The third-order valence-corrected chi connectivity index (χ3v) is 2.91. The highest BCUT2D eigenvalue weighted by Gasteiger charge is 2.26. The molecule has 1 aliphatic rings. The van der Waals surface area contributed by atoms with E-state index in [1.807, 2.05) is 6.07 Å². The number of benzene rings is 1. The van der Waals surface area contributed by atoms with E-state index in [0.717, 1.165) is 25.3 Å². The van der Waals surface area contributed by atoms with Crippen LogP contribution in [0, 0.1) is 23.1 Å². The van der Waals surface area contributed by atoms with Crippen LogP contribution in [0.4, 0.5) is 4.39 Å². The van der Waals surface area contributed by atoms with Gasteiger partial charge in [0.05, 0.1) is 11.6 Å². The van der Waals surface area contributed by atoms with Gasteiger partial charge >= 0.3 is 0 Å². The summed E-state index contributed by atoms with van der Waals surface area (Å²) in [7, 11) is 0. The third kappa shape index (κ3) is 2.15. The Balaban J connectivity index is 2.30. The van der Waals surface area contributed by atoms with Crippen molar-refractivity contribution in [3.05, 3.63) is 29.1 Å². The van der Waals surface area contributed by atoms with Crippen LogP contribution >= 0.6 is 0 Å². The Labute approximate surface area is 93.3 Å². The Hall–Kier alpha value is -1.60. The van der Waals surface area contributed by atoms with E-state index in [2.05, 4.69) is 0 Å². The largest absolute Gasteiger partial charge is 0.505 e. The van der Waals surface area contributed by atoms with E-state index >= 15 is 0 Å². The molecule has 0 aromatic heterocycles. The topological polar surface area (TPSA) is 70.0 Å². The highest BCUT2D eigenvalue weighted by atomic mass is 19.1. The van der Waals surface area contributed by atoms with Crippen LogP contribution in [0.3, 0.4) is 0 Å². The van der Waals surface area contributed by atoms with Crippen LogP contribution in [0.1, 0.15) is 36.4 Å². The summed E-state index contributed by atoms with van der Waals surface area (Å²) in [5, 5.41) is 18.3. The molecule has 1 aliphatic carbocycles. The molecule has 0 aliphatic heterocycles. The van der Waals surface area contributed by atoms with Crippen molar-refractivity contribution in [1.29, 1.82) is 5.26 Å². The van der Waals surface area contributed by atoms with E-state index in [-0.39, 0.29) is 5.56 Å². The first-order valence-corrected chi connectivity index (χ1v) is 5.30. The van der Waals surface area contributed by atoms with Gasteiger partial charge in [-0.15, -0.1) is 0 Å². The van der Waals surface area contributed by atoms with Crippen molar-refractivity contribution in [2.45, 2.75) is 25.3 Å². The van der Waals surface area contributed by atoms with Crippen molar-refractivity contribution >= 4 is 0 Å². The molecule has 1 aromatic rings.